The van der Waals surface area contributed by atoms with Crippen molar-refractivity contribution in [1.29, 1.82) is 0 Å². The van der Waals surface area contributed by atoms with Crippen LogP contribution in [0.25, 0.3) is 0 Å². The van der Waals surface area contributed by atoms with Gasteiger partial charge in [-0.3, -0.25) is 4.79 Å². The number of carbonyl (C=O) groups is 1. The molecule has 0 saturated heterocycles. The number of rotatable bonds is 4. The molecule has 0 aromatic heterocycles. The first-order chi connectivity index (χ1) is 8.56. The van der Waals surface area contributed by atoms with Crippen molar-refractivity contribution in [3.05, 3.63) is 28.8 Å². The Hall–Kier alpha value is -1.26. The zero-order chi connectivity index (χ0) is 13.2. The van der Waals surface area contributed by atoms with Gasteiger partial charge >= 0.3 is 0 Å². The largest absolute Gasteiger partial charge is 0.507 e. The molecule has 0 heterocycles. The molecule has 18 heavy (non-hydrogen) atoms. The van der Waals surface area contributed by atoms with Crippen LogP contribution < -0.4 is 5.32 Å². The van der Waals surface area contributed by atoms with Gasteiger partial charge in [-0.15, -0.1) is 0 Å². The number of nitrogens with one attached hydrogen (secondary N) is 1. The van der Waals surface area contributed by atoms with Gasteiger partial charge in [0.1, 0.15) is 5.75 Å². The summed E-state index contributed by atoms with van der Waals surface area (Å²) in [7, 11) is 1.65. The fraction of sp³-hybridized carbons (Fsp3) is 0.462. The Balaban J connectivity index is 2.01. The number of hydrogen-bond donors (Lipinski definition) is 2. The molecule has 1 aliphatic carbocycles. The van der Waals surface area contributed by atoms with Crippen LogP contribution >= 0.6 is 11.6 Å². The molecule has 1 amide bonds. The van der Waals surface area contributed by atoms with Crippen molar-refractivity contribution in [3.8, 4) is 5.75 Å². The van der Waals surface area contributed by atoms with Crippen LogP contribution in [-0.4, -0.2) is 30.3 Å². The molecule has 2 N–H and O–H groups in total. The van der Waals surface area contributed by atoms with E-state index in [1.807, 2.05) is 0 Å². The van der Waals surface area contributed by atoms with Gasteiger partial charge in [0.15, 0.2) is 0 Å². The highest BCUT2D eigenvalue weighted by atomic mass is 35.5. The van der Waals surface area contributed by atoms with Crippen LogP contribution in [-0.2, 0) is 4.74 Å². The highest BCUT2D eigenvalue weighted by molar-refractivity contribution is 6.31. The van der Waals surface area contributed by atoms with E-state index < -0.39 is 0 Å². The van der Waals surface area contributed by atoms with E-state index in [2.05, 4.69) is 5.32 Å². The zero-order valence-electron chi connectivity index (χ0n) is 10.2. The Bertz CT molecular complexity index is 452. The summed E-state index contributed by atoms with van der Waals surface area (Å²) in [6.45, 7) is 0.453. The lowest BCUT2D eigenvalue weighted by Gasteiger charge is -2.40. The van der Waals surface area contributed by atoms with E-state index in [0.29, 0.717) is 11.6 Å². The molecule has 0 unspecified atom stereocenters. The molecule has 5 heteroatoms. The van der Waals surface area contributed by atoms with Crippen molar-refractivity contribution in [3.63, 3.8) is 0 Å². The van der Waals surface area contributed by atoms with Gasteiger partial charge in [0.2, 0.25) is 0 Å². The van der Waals surface area contributed by atoms with Crippen LogP contribution in [0.2, 0.25) is 5.02 Å². The summed E-state index contributed by atoms with van der Waals surface area (Å²) in [5.41, 5.74) is -0.0443. The minimum atomic E-state index is -0.335. The van der Waals surface area contributed by atoms with Gasteiger partial charge in [-0.05, 0) is 37.5 Å². The second-order valence-corrected chi connectivity index (χ2v) is 5.02. The van der Waals surface area contributed by atoms with Gasteiger partial charge in [0.25, 0.3) is 5.91 Å². The molecule has 0 radical (unpaired) electrons. The maximum Gasteiger partial charge on any atom is 0.255 e. The third-order valence-corrected chi connectivity index (χ3v) is 3.71. The SMILES string of the molecule is COC1(CNC(=O)c2cc(Cl)ccc2O)CCC1. The van der Waals surface area contributed by atoms with Gasteiger partial charge in [-0.1, -0.05) is 11.6 Å². The average molecular weight is 270 g/mol. The maximum atomic E-state index is 11.9. The van der Waals surface area contributed by atoms with Crippen molar-refractivity contribution in [1.82, 2.24) is 5.32 Å². The van der Waals surface area contributed by atoms with Crippen molar-refractivity contribution in [2.45, 2.75) is 24.9 Å². The predicted molar refractivity (Wildman–Crippen MR) is 69.0 cm³/mol. The van der Waals surface area contributed by atoms with Crippen LogP contribution in [0.1, 0.15) is 29.6 Å². The van der Waals surface area contributed by atoms with Crippen molar-refractivity contribution < 1.29 is 14.6 Å². The summed E-state index contributed by atoms with van der Waals surface area (Å²) >= 11 is 5.80. The summed E-state index contributed by atoms with van der Waals surface area (Å²) < 4.78 is 5.41. The van der Waals surface area contributed by atoms with Crippen LogP contribution in [0.15, 0.2) is 18.2 Å². The van der Waals surface area contributed by atoms with Gasteiger partial charge in [-0.2, -0.15) is 0 Å². The molecule has 2 rings (SSSR count). The van der Waals surface area contributed by atoms with E-state index in [9.17, 15) is 9.90 Å². The molecular weight excluding hydrogens is 254 g/mol. The maximum absolute atomic E-state index is 11.9. The summed E-state index contributed by atoms with van der Waals surface area (Å²) in [5, 5.41) is 12.8. The molecule has 98 valence electrons. The Morgan fingerprint density at radius 3 is 2.83 bits per heavy atom. The third kappa shape index (κ3) is 2.60. The molecular formula is C13H16ClNO3. The highest BCUT2D eigenvalue weighted by Crippen LogP contribution is 2.34. The highest BCUT2D eigenvalue weighted by Gasteiger charge is 2.37. The smallest absolute Gasteiger partial charge is 0.255 e. The minimum absolute atomic E-state index is 0.0722. The van der Waals surface area contributed by atoms with E-state index in [1.165, 1.54) is 18.2 Å². The number of aromatic hydroxyl groups is 1. The lowest BCUT2D eigenvalue weighted by molar-refractivity contribution is -0.0679. The van der Waals surface area contributed by atoms with Gasteiger partial charge in [0, 0.05) is 18.7 Å². The van der Waals surface area contributed by atoms with Crippen LogP contribution in [0.3, 0.4) is 0 Å². The third-order valence-electron chi connectivity index (χ3n) is 3.47. The lowest BCUT2D eigenvalue weighted by atomic mass is 9.80. The van der Waals surface area contributed by atoms with Crippen molar-refractivity contribution in [2.24, 2.45) is 0 Å². The Kier molecular flexibility index (Phi) is 3.78. The summed E-state index contributed by atoms with van der Waals surface area (Å²) in [4.78, 5) is 11.9. The van der Waals surface area contributed by atoms with Crippen LogP contribution in [0.5, 0.6) is 5.75 Å². The fourth-order valence-corrected chi connectivity index (χ4v) is 2.22. The number of benzene rings is 1. The molecule has 0 aliphatic heterocycles. The molecule has 4 nitrogen and oxygen atoms in total. The topological polar surface area (TPSA) is 58.6 Å². The monoisotopic (exact) mass is 269 g/mol. The normalized spacial score (nSPS) is 17.0. The molecule has 1 saturated carbocycles. The molecule has 1 aromatic carbocycles. The Labute approximate surface area is 111 Å². The van der Waals surface area contributed by atoms with Crippen molar-refractivity contribution >= 4 is 17.5 Å². The minimum Gasteiger partial charge on any atom is -0.507 e. The van der Waals surface area contributed by atoms with E-state index in [-0.39, 0.29) is 22.8 Å². The number of phenols is 1. The number of carbonyl (C=O) groups excluding carboxylic acids is 1. The predicted octanol–water partition coefficient (Wildman–Crippen LogP) is 2.34. The van der Waals surface area contributed by atoms with Gasteiger partial charge < -0.3 is 15.2 Å². The first-order valence-electron chi connectivity index (χ1n) is 5.88. The molecule has 0 bridgehead atoms. The lowest BCUT2D eigenvalue weighted by Crippen LogP contribution is -2.49. The Morgan fingerprint density at radius 2 is 2.28 bits per heavy atom. The molecule has 0 spiro atoms. The molecule has 1 fully saturated rings. The second-order valence-electron chi connectivity index (χ2n) is 4.58. The second kappa shape index (κ2) is 5.16. The first-order valence-corrected chi connectivity index (χ1v) is 6.26. The Morgan fingerprint density at radius 1 is 1.56 bits per heavy atom. The standard InChI is InChI=1S/C13H16ClNO3/c1-18-13(5-2-6-13)8-15-12(17)10-7-9(14)3-4-11(10)16/h3-4,7,16H,2,5-6,8H2,1H3,(H,15,17). The summed E-state index contributed by atoms with van der Waals surface area (Å²) in [6, 6.07) is 4.40. The summed E-state index contributed by atoms with van der Waals surface area (Å²) in [5.74, 6) is -0.407. The number of ether oxygens (including phenoxy) is 1. The number of halogens is 1. The number of hydrogen-bond acceptors (Lipinski definition) is 3. The van der Waals surface area contributed by atoms with Crippen LogP contribution in [0.4, 0.5) is 0 Å². The van der Waals surface area contributed by atoms with Gasteiger partial charge in [-0.25, -0.2) is 0 Å². The fourth-order valence-electron chi connectivity index (χ4n) is 2.05. The van der Waals surface area contributed by atoms with E-state index >= 15 is 0 Å². The van der Waals surface area contributed by atoms with E-state index in [0.717, 1.165) is 19.3 Å². The quantitative estimate of drug-likeness (QED) is 0.882. The number of methoxy groups -OCH3 is 1. The van der Waals surface area contributed by atoms with E-state index in [1.54, 1.807) is 7.11 Å². The van der Waals surface area contributed by atoms with Gasteiger partial charge in [0.05, 0.1) is 11.2 Å². The number of amides is 1. The van der Waals surface area contributed by atoms with Crippen LogP contribution in [0, 0.1) is 0 Å². The van der Waals surface area contributed by atoms with E-state index in [4.69, 9.17) is 16.3 Å². The number of phenolic OH excluding ortho intramolecular Hbond substituents is 1. The molecule has 1 aromatic rings. The average Bonchev–Trinajstić information content (AvgIpc) is 2.31. The molecule has 0 atom stereocenters. The first kappa shape index (κ1) is 13.2. The summed E-state index contributed by atoms with van der Waals surface area (Å²) in [6.07, 6.45) is 3.02. The van der Waals surface area contributed by atoms with Crippen molar-refractivity contribution in [2.75, 3.05) is 13.7 Å². The molecule has 1 aliphatic rings. The zero-order valence-corrected chi connectivity index (χ0v) is 11.0.